The molecule has 0 saturated heterocycles. The predicted octanol–water partition coefficient (Wildman–Crippen LogP) is 6.93. The summed E-state index contributed by atoms with van der Waals surface area (Å²) in [4.78, 5) is 0. The van der Waals surface area contributed by atoms with Crippen LogP contribution < -0.4 is 0 Å². The van der Waals surface area contributed by atoms with Gasteiger partial charge in [-0.15, -0.1) is 0 Å². The van der Waals surface area contributed by atoms with Crippen molar-refractivity contribution in [2.24, 2.45) is 17.3 Å². The lowest BCUT2D eigenvalue weighted by molar-refractivity contribution is -0.00597. The molecule has 3 rings (SSSR count). The highest BCUT2D eigenvalue weighted by molar-refractivity contribution is 5.41. The molecular weight excluding hydrogens is 264 g/mol. The number of fused-ring (bicyclic) bond motifs is 3. The van der Waals surface area contributed by atoms with E-state index in [0.29, 0.717) is 10.8 Å². The molecule has 0 spiro atoms. The molecule has 1 saturated carbocycles. The van der Waals surface area contributed by atoms with Crippen LogP contribution >= 0.6 is 0 Å². The zero-order valence-electron chi connectivity index (χ0n) is 15.2. The molecule has 0 heterocycles. The Labute approximate surface area is 139 Å². The second-order valence-electron chi connectivity index (χ2n) is 7.93. The summed E-state index contributed by atoms with van der Waals surface area (Å²) in [6.07, 6.45) is 5.42. The summed E-state index contributed by atoms with van der Waals surface area (Å²) >= 11 is 0. The van der Waals surface area contributed by atoms with Crippen molar-refractivity contribution in [3.63, 3.8) is 0 Å². The Morgan fingerprint density at radius 3 is 2.32 bits per heavy atom. The van der Waals surface area contributed by atoms with Gasteiger partial charge in [-0.3, -0.25) is 0 Å². The first-order valence-electron chi connectivity index (χ1n) is 8.96. The topological polar surface area (TPSA) is 0 Å². The van der Waals surface area contributed by atoms with Gasteiger partial charge in [-0.2, -0.15) is 0 Å². The molecule has 2 aliphatic carbocycles. The molecule has 3 atom stereocenters. The van der Waals surface area contributed by atoms with E-state index < -0.39 is 0 Å². The highest BCUT2D eigenvalue weighted by Crippen LogP contribution is 2.58. The molecule has 0 heteroatoms. The molecule has 22 heavy (non-hydrogen) atoms. The lowest BCUT2D eigenvalue weighted by Crippen LogP contribution is -2.51. The van der Waals surface area contributed by atoms with Crippen molar-refractivity contribution in [2.45, 2.75) is 87.0 Å². The SMILES string of the molecule is C.CC.Cc1ccc2c(c1)C1(C)CCC(C)C(C)(C)C1CC2. The fourth-order valence-electron chi connectivity index (χ4n) is 4.98. The molecule has 0 aromatic heterocycles. The third kappa shape index (κ3) is 2.86. The van der Waals surface area contributed by atoms with Crippen molar-refractivity contribution in [1.82, 2.24) is 0 Å². The lowest BCUT2D eigenvalue weighted by Gasteiger charge is -2.57. The Balaban J connectivity index is 0.000000775. The molecule has 2 aliphatic rings. The summed E-state index contributed by atoms with van der Waals surface area (Å²) in [5, 5.41) is 0. The highest BCUT2D eigenvalue weighted by atomic mass is 14.6. The van der Waals surface area contributed by atoms with Crippen molar-refractivity contribution < 1.29 is 0 Å². The van der Waals surface area contributed by atoms with Crippen LogP contribution in [0.3, 0.4) is 0 Å². The fraction of sp³-hybridized carbons (Fsp3) is 0.727. The summed E-state index contributed by atoms with van der Waals surface area (Å²) in [7, 11) is 0. The van der Waals surface area contributed by atoms with Gasteiger partial charge in [0.25, 0.3) is 0 Å². The second-order valence-corrected chi connectivity index (χ2v) is 7.93. The molecule has 0 N–H and O–H groups in total. The molecule has 0 aliphatic heterocycles. The second kappa shape index (κ2) is 6.77. The summed E-state index contributed by atoms with van der Waals surface area (Å²) in [6.45, 7) is 16.3. The van der Waals surface area contributed by atoms with Gasteiger partial charge in [0.1, 0.15) is 0 Å². The summed E-state index contributed by atoms with van der Waals surface area (Å²) < 4.78 is 0. The Morgan fingerprint density at radius 1 is 1.05 bits per heavy atom. The van der Waals surface area contributed by atoms with E-state index in [-0.39, 0.29) is 7.43 Å². The van der Waals surface area contributed by atoms with Crippen molar-refractivity contribution in [2.75, 3.05) is 0 Å². The number of rotatable bonds is 0. The van der Waals surface area contributed by atoms with E-state index in [1.54, 1.807) is 11.1 Å². The molecule has 0 amide bonds. The van der Waals surface area contributed by atoms with Crippen molar-refractivity contribution in [3.8, 4) is 0 Å². The van der Waals surface area contributed by atoms with Crippen LogP contribution in [0.2, 0.25) is 0 Å². The molecule has 0 radical (unpaired) electrons. The minimum atomic E-state index is 0. The maximum absolute atomic E-state index is 2.54. The Kier molecular flexibility index (Phi) is 5.93. The summed E-state index contributed by atoms with van der Waals surface area (Å²) in [6, 6.07) is 7.16. The highest BCUT2D eigenvalue weighted by Gasteiger charge is 2.52. The van der Waals surface area contributed by atoms with Crippen molar-refractivity contribution in [1.29, 1.82) is 0 Å². The van der Waals surface area contributed by atoms with Crippen LogP contribution in [0.1, 0.15) is 84.9 Å². The van der Waals surface area contributed by atoms with E-state index in [2.05, 4.69) is 52.8 Å². The first-order chi connectivity index (χ1) is 9.85. The Morgan fingerprint density at radius 2 is 1.68 bits per heavy atom. The monoisotopic (exact) mass is 302 g/mol. The van der Waals surface area contributed by atoms with Gasteiger partial charge in [0, 0.05) is 0 Å². The Bertz CT molecular complexity index is 497. The maximum Gasteiger partial charge on any atom is -0.00388 e. The molecule has 126 valence electrons. The van der Waals surface area contributed by atoms with Crippen LogP contribution in [0.4, 0.5) is 0 Å². The molecule has 1 fully saturated rings. The smallest absolute Gasteiger partial charge is 0.00388 e. The van der Waals surface area contributed by atoms with Crippen LogP contribution in [0, 0.1) is 24.2 Å². The largest absolute Gasteiger partial charge is 0.0776 e. The van der Waals surface area contributed by atoms with Gasteiger partial charge in [-0.25, -0.2) is 0 Å². The standard InChI is InChI=1S/C19H28.C2H6.CH4/c1-13-6-7-15-8-9-17-18(3,4)14(2)10-11-19(17,5)16(15)12-13;1-2;/h6-7,12,14,17H,8-11H2,1-5H3;1-2H3;1H4. The minimum Gasteiger partial charge on any atom is -0.0776 e. The first-order valence-corrected chi connectivity index (χ1v) is 8.96. The number of hydrogen-bond acceptors (Lipinski definition) is 0. The summed E-state index contributed by atoms with van der Waals surface area (Å²) in [5.41, 5.74) is 5.61. The van der Waals surface area contributed by atoms with E-state index in [0.717, 1.165) is 11.8 Å². The number of hydrogen-bond donors (Lipinski definition) is 0. The molecule has 0 nitrogen and oxygen atoms in total. The third-order valence-electron chi connectivity index (χ3n) is 6.62. The Hall–Kier alpha value is -0.780. The van der Waals surface area contributed by atoms with Gasteiger partial charge in [0.15, 0.2) is 0 Å². The molecule has 0 bridgehead atoms. The minimum absolute atomic E-state index is 0. The van der Waals surface area contributed by atoms with Crippen LogP contribution in [-0.4, -0.2) is 0 Å². The first kappa shape index (κ1) is 19.3. The average Bonchev–Trinajstić information content (AvgIpc) is 2.46. The van der Waals surface area contributed by atoms with Gasteiger partial charge in [-0.1, -0.05) is 72.7 Å². The average molecular weight is 303 g/mol. The maximum atomic E-state index is 2.54. The van der Waals surface area contributed by atoms with Gasteiger partial charge < -0.3 is 0 Å². The molecule has 1 aromatic carbocycles. The van der Waals surface area contributed by atoms with E-state index in [1.165, 1.54) is 31.2 Å². The van der Waals surface area contributed by atoms with Crippen LogP contribution in [0.25, 0.3) is 0 Å². The number of benzene rings is 1. The van der Waals surface area contributed by atoms with Gasteiger partial charge in [0.2, 0.25) is 0 Å². The van der Waals surface area contributed by atoms with Crippen LogP contribution in [-0.2, 0) is 11.8 Å². The van der Waals surface area contributed by atoms with Crippen LogP contribution in [0.5, 0.6) is 0 Å². The van der Waals surface area contributed by atoms with Crippen molar-refractivity contribution >= 4 is 0 Å². The third-order valence-corrected chi connectivity index (χ3v) is 6.62. The molecular formula is C22H38. The van der Waals surface area contributed by atoms with E-state index >= 15 is 0 Å². The van der Waals surface area contributed by atoms with E-state index in [9.17, 15) is 0 Å². The fourth-order valence-corrected chi connectivity index (χ4v) is 4.98. The zero-order chi connectivity index (χ0) is 15.8. The van der Waals surface area contributed by atoms with Gasteiger partial charge >= 0.3 is 0 Å². The van der Waals surface area contributed by atoms with E-state index in [4.69, 9.17) is 0 Å². The van der Waals surface area contributed by atoms with E-state index in [1.807, 2.05) is 13.8 Å². The van der Waals surface area contributed by atoms with Gasteiger partial charge in [0.05, 0.1) is 0 Å². The summed E-state index contributed by atoms with van der Waals surface area (Å²) in [5.74, 6) is 1.70. The lowest BCUT2D eigenvalue weighted by atomic mass is 9.47. The van der Waals surface area contributed by atoms with Crippen molar-refractivity contribution in [3.05, 3.63) is 34.9 Å². The number of aryl methyl sites for hydroxylation is 2. The molecule has 1 aromatic rings. The van der Waals surface area contributed by atoms with Gasteiger partial charge in [-0.05, 0) is 66.4 Å². The predicted molar refractivity (Wildman–Crippen MR) is 101 cm³/mol. The normalized spacial score (nSPS) is 31.8. The van der Waals surface area contributed by atoms with Crippen LogP contribution in [0.15, 0.2) is 18.2 Å². The quantitative estimate of drug-likeness (QED) is 0.487. The zero-order valence-corrected chi connectivity index (χ0v) is 15.2. The molecule has 3 unspecified atom stereocenters.